The molecular weight excluding hydrogens is 284 g/mol. The number of ether oxygens (including phenoxy) is 2. The number of carbonyl (C=O) groups is 2. The van der Waals surface area contributed by atoms with Gasteiger partial charge in [-0.2, -0.15) is 0 Å². The Morgan fingerprint density at radius 2 is 1.91 bits per heavy atom. The minimum Gasteiger partial charge on any atom is -0.464 e. The van der Waals surface area contributed by atoms with Crippen LogP contribution in [0, 0.1) is 0 Å². The first-order chi connectivity index (χ1) is 10.3. The van der Waals surface area contributed by atoms with E-state index in [0.29, 0.717) is 12.8 Å². The summed E-state index contributed by atoms with van der Waals surface area (Å²) in [6.07, 6.45) is 3.82. The van der Waals surface area contributed by atoms with Crippen LogP contribution in [0.15, 0.2) is 24.5 Å². The van der Waals surface area contributed by atoms with Gasteiger partial charge in [0.05, 0.1) is 6.61 Å². The maximum Gasteiger partial charge on any atom is 0.408 e. The summed E-state index contributed by atoms with van der Waals surface area (Å²) in [5.74, 6) is -0.456. The summed E-state index contributed by atoms with van der Waals surface area (Å²) in [6.45, 7) is 7.29. The molecule has 0 radical (unpaired) electrons. The summed E-state index contributed by atoms with van der Waals surface area (Å²) < 4.78 is 10.2. The van der Waals surface area contributed by atoms with Gasteiger partial charge in [-0.05, 0) is 58.2 Å². The summed E-state index contributed by atoms with van der Waals surface area (Å²) in [4.78, 5) is 27.7. The topological polar surface area (TPSA) is 77.5 Å². The molecule has 0 fully saturated rings. The molecule has 6 nitrogen and oxygen atoms in total. The number of rotatable bonds is 6. The molecule has 0 saturated carbocycles. The van der Waals surface area contributed by atoms with Gasteiger partial charge in [0.2, 0.25) is 0 Å². The Balaban J connectivity index is 2.63. The van der Waals surface area contributed by atoms with E-state index in [1.54, 1.807) is 40.1 Å². The van der Waals surface area contributed by atoms with E-state index in [2.05, 4.69) is 10.3 Å². The number of nitrogens with zero attached hydrogens (tertiary/aromatic N) is 1. The summed E-state index contributed by atoms with van der Waals surface area (Å²) in [6, 6.07) is 3.01. The monoisotopic (exact) mass is 308 g/mol. The van der Waals surface area contributed by atoms with Crippen molar-refractivity contribution in [2.75, 3.05) is 6.61 Å². The lowest BCUT2D eigenvalue weighted by atomic mass is 10.1. The van der Waals surface area contributed by atoms with Crippen LogP contribution in [0.2, 0.25) is 0 Å². The number of esters is 1. The number of amides is 1. The van der Waals surface area contributed by atoms with Crippen molar-refractivity contribution in [3.05, 3.63) is 30.1 Å². The molecule has 0 aromatic carbocycles. The Labute approximate surface area is 131 Å². The van der Waals surface area contributed by atoms with E-state index in [4.69, 9.17) is 9.47 Å². The highest BCUT2D eigenvalue weighted by atomic mass is 16.6. The summed E-state index contributed by atoms with van der Waals surface area (Å²) in [5, 5.41) is 2.58. The first-order valence-corrected chi connectivity index (χ1v) is 7.37. The van der Waals surface area contributed by atoms with E-state index in [9.17, 15) is 9.59 Å². The van der Waals surface area contributed by atoms with E-state index in [-0.39, 0.29) is 6.61 Å². The van der Waals surface area contributed by atoms with Crippen LogP contribution in [0.25, 0.3) is 0 Å². The second-order valence-corrected chi connectivity index (χ2v) is 5.85. The zero-order chi connectivity index (χ0) is 16.6. The van der Waals surface area contributed by atoms with Crippen molar-refractivity contribution in [1.29, 1.82) is 0 Å². The van der Waals surface area contributed by atoms with E-state index >= 15 is 0 Å². The van der Waals surface area contributed by atoms with Crippen LogP contribution in [0.1, 0.15) is 39.7 Å². The quantitative estimate of drug-likeness (QED) is 0.817. The predicted molar refractivity (Wildman–Crippen MR) is 82.3 cm³/mol. The van der Waals surface area contributed by atoms with Gasteiger partial charge < -0.3 is 14.8 Å². The minimum absolute atomic E-state index is 0.264. The number of carbonyl (C=O) groups excluding carboxylic acids is 2. The van der Waals surface area contributed by atoms with E-state index < -0.39 is 23.7 Å². The zero-order valence-corrected chi connectivity index (χ0v) is 13.6. The van der Waals surface area contributed by atoms with Crippen LogP contribution in [-0.2, 0) is 20.7 Å². The van der Waals surface area contributed by atoms with Crippen LogP contribution < -0.4 is 5.32 Å². The molecule has 0 bridgehead atoms. The van der Waals surface area contributed by atoms with Crippen molar-refractivity contribution < 1.29 is 19.1 Å². The molecule has 22 heavy (non-hydrogen) atoms. The third kappa shape index (κ3) is 7.06. The Kier molecular flexibility index (Phi) is 6.82. The number of aryl methyl sites for hydroxylation is 1. The molecule has 1 aromatic heterocycles. The average molecular weight is 308 g/mol. The predicted octanol–water partition coefficient (Wildman–Crippen LogP) is 2.47. The molecule has 1 unspecified atom stereocenters. The molecule has 0 saturated heterocycles. The first-order valence-electron chi connectivity index (χ1n) is 7.37. The maximum absolute atomic E-state index is 12.0. The molecule has 0 aliphatic carbocycles. The van der Waals surface area contributed by atoms with Crippen molar-refractivity contribution in [2.24, 2.45) is 0 Å². The SMILES string of the molecule is CCOC(=O)C(CCc1ccncc1)NC(=O)OC(C)(C)C. The largest absolute Gasteiger partial charge is 0.464 e. The molecule has 0 spiro atoms. The summed E-state index contributed by atoms with van der Waals surface area (Å²) in [5.41, 5.74) is 0.421. The van der Waals surface area contributed by atoms with Crippen molar-refractivity contribution >= 4 is 12.1 Å². The van der Waals surface area contributed by atoms with Gasteiger partial charge >= 0.3 is 12.1 Å². The number of hydrogen-bond acceptors (Lipinski definition) is 5. The van der Waals surface area contributed by atoms with Gasteiger partial charge in [-0.3, -0.25) is 4.98 Å². The van der Waals surface area contributed by atoms with Crippen LogP contribution in [0.4, 0.5) is 4.79 Å². The number of hydrogen-bond donors (Lipinski definition) is 1. The van der Waals surface area contributed by atoms with Crippen molar-refractivity contribution in [3.8, 4) is 0 Å². The molecule has 1 N–H and O–H groups in total. The third-order valence-electron chi connectivity index (χ3n) is 2.73. The fourth-order valence-electron chi connectivity index (χ4n) is 1.80. The van der Waals surface area contributed by atoms with E-state index in [1.165, 1.54) is 0 Å². The van der Waals surface area contributed by atoms with Crippen LogP contribution in [0.5, 0.6) is 0 Å². The van der Waals surface area contributed by atoms with Crippen LogP contribution >= 0.6 is 0 Å². The lowest BCUT2D eigenvalue weighted by Crippen LogP contribution is -2.44. The molecule has 1 atom stereocenters. The molecule has 0 aliphatic heterocycles. The van der Waals surface area contributed by atoms with Gasteiger partial charge in [0.1, 0.15) is 11.6 Å². The lowest BCUT2D eigenvalue weighted by molar-refractivity contribution is -0.145. The fourth-order valence-corrected chi connectivity index (χ4v) is 1.80. The summed E-state index contributed by atoms with van der Waals surface area (Å²) in [7, 11) is 0. The number of aromatic nitrogens is 1. The highest BCUT2D eigenvalue weighted by molar-refractivity contribution is 5.81. The van der Waals surface area contributed by atoms with E-state index in [0.717, 1.165) is 5.56 Å². The Hall–Kier alpha value is -2.11. The maximum atomic E-state index is 12.0. The zero-order valence-electron chi connectivity index (χ0n) is 13.6. The molecule has 1 heterocycles. The van der Waals surface area contributed by atoms with Gasteiger partial charge in [0.15, 0.2) is 0 Å². The molecule has 1 rings (SSSR count). The first kappa shape index (κ1) is 17.9. The Morgan fingerprint density at radius 1 is 1.27 bits per heavy atom. The third-order valence-corrected chi connectivity index (χ3v) is 2.73. The highest BCUT2D eigenvalue weighted by Crippen LogP contribution is 2.09. The van der Waals surface area contributed by atoms with Gasteiger partial charge in [0.25, 0.3) is 0 Å². The highest BCUT2D eigenvalue weighted by Gasteiger charge is 2.25. The van der Waals surface area contributed by atoms with Crippen LogP contribution in [-0.4, -0.2) is 35.3 Å². The molecule has 122 valence electrons. The minimum atomic E-state index is -0.733. The van der Waals surface area contributed by atoms with Gasteiger partial charge in [-0.1, -0.05) is 0 Å². The average Bonchev–Trinajstić information content (AvgIpc) is 2.42. The second kappa shape index (κ2) is 8.36. The number of nitrogens with one attached hydrogen (secondary N) is 1. The van der Waals surface area contributed by atoms with Crippen molar-refractivity contribution in [1.82, 2.24) is 10.3 Å². The smallest absolute Gasteiger partial charge is 0.408 e. The Morgan fingerprint density at radius 3 is 2.45 bits per heavy atom. The van der Waals surface area contributed by atoms with E-state index in [1.807, 2.05) is 12.1 Å². The molecule has 0 aliphatic rings. The number of alkyl carbamates (subject to hydrolysis) is 1. The van der Waals surface area contributed by atoms with Crippen molar-refractivity contribution in [2.45, 2.75) is 52.2 Å². The molecule has 1 aromatic rings. The normalized spacial score (nSPS) is 12.4. The van der Waals surface area contributed by atoms with Gasteiger partial charge in [-0.15, -0.1) is 0 Å². The van der Waals surface area contributed by atoms with Gasteiger partial charge in [0, 0.05) is 12.4 Å². The summed E-state index contributed by atoms with van der Waals surface area (Å²) >= 11 is 0. The van der Waals surface area contributed by atoms with Crippen LogP contribution in [0.3, 0.4) is 0 Å². The number of pyridine rings is 1. The Bertz CT molecular complexity index is 483. The molecular formula is C16H24N2O4. The fraction of sp³-hybridized carbons (Fsp3) is 0.562. The van der Waals surface area contributed by atoms with Gasteiger partial charge in [-0.25, -0.2) is 9.59 Å². The van der Waals surface area contributed by atoms with Crippen molar-refractivity contribution in [3.63, 3.8) is 0 Å². The second-order valence-electron chi connectivity index (χ2n) is 5.85. The molecule has 1 amide bonds. The molecule has 6 heteroatoms. The standard InChI is InChI=1S/C16H24N2O4/c1-5-21-14(19)13(18-15(20)22-16(2,3)4)7-6-12-8-10-17-11-9-12/h8-11,13H,5-7H2,1-4H3,(H,18,20). The lowest BCUT2D eigenvalue weighted by Gasteiger charge is -2.22.